The molecule has 1 saturated heterocycles. The zero-order valence-corrected chi connectivity index (χ0v) is 17.7. The lowest BCUT2D eigenvalue weighted by Gasteiger charge is -2.37. The van der Waals surface area contributed by atoms with E-state index in [2.05, 4.69) is 43.7 Å². The number of guanidine groups is 1. The Morgan fingerprint density at radius 2 is 2.00 bits per heavy atom. The third kappa shape index (κ3) is 5.05. The topological polar surface area (TPSA) is 57.8 Å². The molecule has 0 aliphatic carbocycles. The number of halogens is 1. The Kier molecular flexibility index (Phi) is 7.46. The van der Waals surface area contributed by atoms with Gasteiger partial charge in [0.1, 0.15) is 5.82 Å². The minimum Gasteiger partial charge on any atom is -0.356 e. The zero-order valence-electron chi connectivity index (χ0n) is 15.4. The van der Waals surface area contributed by atoms with Crippen LogP contribution in [0.2, 0.25) is 0 Å². The van der Waals surface area contributed by atoms with Gasteiger partial charge in [-0.3, -0.25) is 9.39 Å². The molecule has 3 heterocycles. The Balaban J connectivity index is 0.00000225. The fourth-order valence-electron chi connectivity index (χ4n) is 3.68. The van der Waals surface area contributed by atoms with E-state index in [-0.39, 0.29) is 24.0 Å². The molecule has 7 heteroatoms. The monoisotopic (exact) mass is 456 g/mol. The second-order valence-electron chi connectivity index (χ2n) is 6.97. The van der Waals surface area contributed by atoms with E-state index >= 15 is 0 Å². The maximum Gasteiger partial charge on any atom is 0.193 e. The number of nitrogens with one attached hydrogen (secondary N) is 1. The van der Waals surface area contributed by atoms with Crippen molar-refractivity contribution in [3.05, 3.63) is 30.2 Å². The van der Waals surface area contributed by atoms with E-state index in [1.807, 2.05) is 31.4 Å². The van der Waals surface area contributed by atoms with E-state index in [4.69, 9.17) is 0 Å². The SMILES string of the molecule is CN=C(NCCCc1nnc2ccccn12)N1CC(C)CC(C)C1.I. The molecule has 1 fully saturated rings. The van der Waals surface area contributed by atoms with E-state index in [1.165, 1.54) is 6.42 Å². The Morgan fingerprint density at radius 3 is 2.72 bits per heavy atom. The van der Waals surface area contributed by atoms with Crippen LogP contribution in [0.25, 0.3) is 5.65 Å². The van der Waals surface area contributed by atoms with Crippen LogP contribution in [0.3, 0.4) is 0 Å². The molecule has 2 unspecified atom stereocenters. The molecule has 1 aliphatic rings. The predicted octanol–water partition coefficient (Wildman–Crippen LogP) is 2.83. The van der Waals surface area contributed by atoms with Gasteiger partial charge in [-0.1, -0.05) is 19.9 Å². The third-order valence-electron chi connectivity index (χ3n) is 4.62. The molecule has 0 amide bonds. The number of aliphatic imine (C=N–C) groups is 1. The summed E-state index contributed by atoms with van der Waals surface area (Å²) in [6, 6.07) is 5.98. The number of hydrogen-bond acceptors (Lipinski definition) is 3. The van der Waals surface area contributed by atoms with Crippen molar-refractivity contribution in [3.63, 3.8) is 0 Å². The molecular formula is C18H29IN6. The number of likely N-dealkylation sites (tertiary alicyclic amines) is 1. The van der Waals surface area contributed by atoms with Gasteiger partial charge in [-0.05, 0) is 36.8 Å². The van der Waals surface area contributed by atoms with Crippen LogP contribution in [0.4, 0.5) is 0 Å². The van der Waals surface area contributed by atoms with Gasteiger partial charge in [-0.2, -0.15) is 0 Å². The molecule has 0 bridgehead atoms. The van der Waals surface area contributed by atoms with E-state index in [0.29, 0.717) is 0 Å². The molecule has 6 nitrogen and oxygen atoms in total. The molecule has 138 valence electrons. The Labute approximate surface area is 167 Å². The number of pyridine rings is 1. The van der Waals surface area contributed by atoms with Crippen LogP contribution in [0.1, 0.15) is 32.5 Å². The summed E-state index contributed by atoms with van der Waals surface area (Å²) < 4.78 is 2.06. The van der Waals surface area contributed by atoms with Gasteiger partial charge in [0, 0.05) is 39.3 Å². The first-order valence-electron chi connectivity index (χ1n) is 8.91. The minimum atomic E-state index is 0. The summed E-state index contributed by atoms with van der Waals surface area (Å²) >= 11 is 0. The first-order valence-corrected chi connectivity index (χ1v) is 8.91. The van der Waals surface area contributed by atoms with Crippen LogP contribution < -0.4 is 5.32 Å². The highest BCUT2D eigenvalue weighted by atomic mass is 127. The van der Waals surface area contributed by atoms with Gasteiger partial charge in [-0.15, -0.1) is 34.2 Å². The lowest BCUT2D eigenvalue weighted by atomic mass is 9.92. The number of piperidine rings is 1. The number of rotatable bonds is 4. The van der Waals surface area contributed by atoms with Crippen molar-refractivity contribution in [2.45, 2.75) is 33.1 Å². The highest BCUT2D eigenvalue weighted by Gasteiger charge is 2.23. The zero-order chi connectivity index (χ0) is 16.9. The van der Waals surface area contributed by atoms with E-state index in [1.54, 1.807) is 0 Å². The molecule has 0 saturated carbocycles. The summed E-state index contributed by atoms with van der Waals surface area (Å²) in [5.41, 5.74) is 0.910. The van der Waals surface area contributed by atoms with Gasteiger partial charge in [0.05, 0.1) is 0 Å². The molecule has 1 aliphatic heterocycles. The van der Waals surface area contributed by atoms with E-state index in [0.717, 1.165) is 61.7 Å². The average molecular weight is 456 g/mol. The van der Waals surface area contributed by atoms with Crippen molar-refractivity contribution in [2.24, 2.45) is 16.8 Å². The molecule has 0 radical (unpaired) electrons. The van der Waals surface area contributed by atoms with Gasteiger partial charge in [0.15, 0.2) is 11.6 Å². The molecule has 2 aromatic heterocycles. The highest BCUT2D eigenvalue weighted by molar-refractivity contribution is 14.0. The Morgan fingerprint density at radius 1 is 1.24 bits per heavy atom. The lowest BCUT2D eigenvalue weighted by molar-refractivity contribution is 0.208. The van der Waals surface area contributed by atoms with Crippen molar-refractivity contribution >= 4 is 35.6 Å². The summed E-state index contributed by atoms with van der Waals surface area (Å²) in [6.07, 6.45) is 5.25. The molecule has 2 aromatic rings. The smallest absolute Gasteiger partial charge is 0.193 e. The van der Waals surface area contributed by atoms with Crippen molar-refractivity contribution in [3.8, 4) is 0 Å². The number of nitrogens with zero attached hydrogens (tertiary/aromatic N) is 5. The summed E-state index contributed by atoms with van der Waals surface area (Å²) in [5.74, 6) is 3.51. The van der Waals surface area contributed by atoms with Gasteiger partial charge >= 0.3 is 0 Å². The summed E-state index contributed by atoms with van der Waals surface area (Å²) in [6.45, 7) is 7.74. The number of hydrogen-bond donors (Lipinski definition) is 1. The van der Waals surface area contributed by atoms with Crippen molar-refractivity contribution < 1.29 is 0 Å². The number of aromatic nitrogens is 3. The number of aryl methyl sites for hydroxylation is 1. The van der Waals surface area contributed by atoms with E-state index < -0.39 is 0 Å². The van der Waals surface area contributed by atoms with Gasteiger partial charge < -0.3 is 10.2 Å². The van der Waals surface area contributed by atoms with Crippen LogP contribution >= 0.6 is 24.0 Å². The van der Waals surface area contributed by atoms with Gasteiger partial charge in [-0.25, -0.2) is 0 Å². The molecule has 3 rings (SSSR count). The first-order chi connectivity index (χ1) is 11.7. The molecule has 0 spiro atoms. The normalized spacial score (nSPS) is 21.2. The van der Waals surface area contributed by atoms with Crippen molar-refractivity contribution in [1.82, 2.24) is 24.8 Å². The van der Waals surface area contributed by atoms with Gasteiger partial charge in [0.2, 0.25) is 0 Å². The summed E-state index contributed by atoms with van der Waals surface area (Å²) in [4.78, 5) is 6.86. The van der Waals surface area contributed by atoms with Gasteiger partial charge in [0.25, 0.3) is 0 Å². The predicted molar refractivity (Wildman–Crippen MR) is 113 cm³/mol. The van der Waals surface area contributed by atoms with Crippen LogP contribution in [0.5, 0.6) is 0 Å². The molecule has 1 N–H and O–H groups in total. The van der Waals surface area contributed by atoms with Crippen LogP contribution in [0, 0.1) is 11.8 Å². The van der Waals surface area contributed by atoms with Crippen LogP contribution in [0.15, 0.2) is 29.4 Å². The number of fused-ring (bicyclic) bond motifs is 1. The highest BCUT2D eigenvalue weighted by Crippen LogP contribution is 2.20. The molecule has 25 heavy (non-hydrogen) atoms. The summed E-state index contributed by atoms with van der Waals surface area (Å²) in [7, 11) is 1.87. The minimum absolute atomic E-state index is 0. The van der Waals surface area contributed by atoms with Crippen molar-refractivity contribution in [1.29, 1.82) is 0 Å². The fourth-order valence-corrected chi connectivity index (χ4v) is 3.68. The average Bonchev–Trinajstić information content (AvgIpc) is 2.97. The lowest BCUT2D eigenvalue weighted by Crippen LogP contribution is -2.48. The van der Waals surface area contributed by atoms with E-state index in [9.17, 15) is 0 Å². The Hall–Kier alpha value is -1.38. The molecular weight excluding hydrogens is 427 g/mol. The summed E-state index contributed by atoms with van der Waals surface area (Å²) in [5, 5.41) is 12.0. The second-order valence-corrected chi connectivity index (χ2v) is 6.97. The standard InChI is InChI=1S/C18H28N6.HI/c1-14-11-15(2)13-23(12-14)18(19-3)20-9-6-8-17-22-21-16-7-4-5-10-24(16)17;/h4-5,7,10,14-15H,6,8-9,11-13H2,1-3H3,(H,19,20);1H. The second kappa shape index (κ2) is 9.35. The first kappa shape index (κ1) is 19.9. The third-order valence-corrected chi connectivity index (χ3v) is 4.62. The quantitative estimate of drug-likeness (QED) is 0.333. The maximum atomic E-state index is 4.46. The maximum absolute atomic E-state index is 4.46. The van der Waals surface area contributed by atoms with Crippen LogP contribution in [-0.4, -0.2) is 52.1 Å². The molecule has 2 atom stereocenters. The van der Waals surface area contributed by atoms with Crippen LogP contribution in [-0.2, 0) is 6.42 Å². The Bertz CT molecular complexity index is 688. The fraction of sp³-hybridized carbons (Fsp3) is 0.611. The van der Waals surface area contributed by atoms with Crippen molar-refractivity contribution in [2.75, 3.05) is 26.7 Å². The molecule has 0 aromatic carbocycles. The largest absolute Gasteiger partial charge is 0.356 e.